The van der Waals surface area contributed by atoms with Crippen LogP contribution in [0.15, 0.2) is 43.1 Å². The molecule has 2 N–H and O–H groups in total. The summed E-state index contributed by atoms with van der Waals surface area (Å²) in [6.07, 6.45) is -6.55. The molecule has 4 aromatic rings. The smallest absolute Gasteiger partial charge is 0.389 e. The lowest BCUT2D eigenvalue weighted by Crippen LogP contribution is -2.26. The van der Waals surface area contributed by atoms with E-state index in [0.29, 0.717) is 23.3 Å². The quantitative estimate of drug-likeness (QED) is 0.300. The van der Waals surface area contributed by atoms with Gasteiger partial charge < -0.3 is 10.6 Å². The van der Waals surface area contributed by atoms with Crippen LogP contribution in [-0.2, 0) is 12.4 Å². The first-order valence-corrected chi connectivity index (χ1v) is 10.5. The maximum atomic E-state index is 13.6. The van der Waals surface area contributed by atoms with Crippen LogP contribution in [0.3, 0.4) is 0 Å². The summed E-state index contributed by atoms with van der Waals surface area (Å²) in [5, 5.41) is 3.72. The van der Waals surface area contributed by atoms with Crippen molar-refractivity contribution in [2.45, 2.75) is 25.3 Å². The summed E-state index contributed by atoms with van der Waals surface area (Å²) >= 11 is 4.91. The van der Waals surface area contributed by atoms with Crippen LogP contribution in [0.2, 0.25) is 0 Å². The van der Waals surface area contributed by atoms with Gasteiger partial charge in [0.05, 0.1) is 22.7 Å². The normalized spacial score (nSPS) is 13.1. The number of alkyl halides is 6. The number of anilines is 1. The number of nitrogens with two attached hydrogens (primary N) is 1. The van der Waals surface area contributed by atoms with Crippen LogP contribution in [0, 0.1) is 0 Å². The van der Waals surface area contributed by atoms with Gasteiger partial charge in [0.2, 0.25) is 0 Å². The van der Waals surface area contributed by atoms with Gasteiger partial charge in [0, 0.05) is 24.2 Å². The van der Waals surface area contributed by atoms with E-state index in [4.69, 9.17) is 18.0 Å². The second-order valence-corrected chi connectivity index (χ2v) is 8.14. The molecule has 0 radical (unpaired) electrons. The van der Waals surface area contributed by atoms with Crippen molar-refractivity contribution in [3.63, 3.8) is 0 Å². The molecular formula is C21H16F6N8S. The first kappa shape index (κ1) is 25.2. The molecule has 0 saturated carbocycles. The van der Waals surface area contributed by atoms with Gasteiger partial charge in [-0.05, 0) is 31.2 Å². The first-order chi connectivity index (χ1) is 16.8. The molecule has 0 aliphatic carbocycles. The molecule has 3 aromatic heterocycles. The second-order valence-electron chi connectivity index (χ2n) is 7.70. The number of pyridine rings is 1. The molecule has 3 heterocycles. The number of thiocarbonyl (C=S) groups is 1. The van der Waals surface area contributed by atoms with E-state index in [-0.39, 0.29) is 16.9 Å². The fourth-order valence-electron chi connectivity index (χ4n) is 3.54. The molecule has 0 aliphatic rings. The van der Waals surface area contributed by atoms with Crippen LogP contribution in [0.1, 0.15) is 35.5 Å². The van der Waals surface area contributed by atoms with Gasteiger partial charge in [-0.15, -0.1) is 0 Å². The summed E-state index contributed by atoms with van der Waals surface area (Å²) in [6.45, 7) is 1.64. The molecule has 0 spiro atoms. The molecule has 4 rings (SSSR count). The summed E-state index contributed by atoms with van der Waals surface area (Å²) in [5.74, 6) is 0.479. The minimum Gasteiger partial charge on any atom is -0.389 e. The first-order valence-electron chi connectivity index (χ1n) is 10.1. The number of hydrogen-bond donors (Lipinski definition) is 1. The Bertz CT molecular complexity index is 1430. The van der Waals surface area contributed by atoms with Crippen LogP contribution in [0.5, 0.6) is 0 Å². The third-order valence-electron chi connectivity index (χ3n) is 5.46. The molecule has 0 saturated heterocycles. The van der Waals surface area contributed by atoms with Crippen molar-refractivity contribution in [1.29, 1.82) is 0 Å². The highest BCUT2D eigenvalue weighted by atomic mass is 32.1. The number of benzene rings is 1. The SMILES string of the molecule is C[C@@H](c1ncnn1-c1ccc(C(N)=S)cn1)N(C)c1ncnc2c(C(F)(F)F)cc(C(F)(F)F)cc12. The highest BCUT2D eigenvalue weighted by Crippen LogP contribution is 2.41. The van der Waals surface area contributed by atoms with Gasteiger partial charge in [-0.3, -0.25) is 0 Å². The Balaban J connectivity index is 1.81. The van der Waals surface area contributed by atoms with E-state index in [9.17, 15) is 26.3 Å². The lowest BCUT2D eigenvalue weighted by atomic mass is 10.0. The van der Waals surface area contributed by atoms with Crippen LogP contribution < -0.4 is 10.6 Å². The van der Waals surface area contributed by atoms with E-state index in [1.54, 1.807) is 19.1 Å². The third kappa shape index (κ3) is 4.65. The maximum Gasteiger partial charge on any atom is 0.418 e. The second kappa shape index (κ2) is 8.96. The fraction of sp³-hybridized carbons (Fsp3) is 0.238. The van der Waals surface area contributed by atoms with Gasteiger partial charge in [0.15, 0.2) is 11.6 Å². The molecule has 188 valence electrons. The Morgan fingerprint density at radius 2 is 1.72 bits per heavy atom. The topological polar surface area (TPSA) is 98.6 Å². The zero-order valence-electron chi connectivity index (χ0n) is 18.5. The molecule has 0 fully saturated rings. The van der Waals surface area contributed by atoms with E-state index < -0.39 is 40.4 Å². The summed E-state index contributed by atoms with van der Waals surface area (Å²) in [5.41, 5.74) is 2.47. The highest BCUT2D eigenvalue weighted by molar-refractivity contribution is 7.80. The predicted octanol–water partition coefficient (Wildman–Crippen LogP) is 4.47. The minimum absolute atomic E-state index is 0.0432. The van der Waals surface area contributed by atoms with Crippen molar-refractivity contribution < 1.29 is 26.3 Å². The fourth-order valence-corrected chi connectivity index (χ4v) is 3.66. The number of rotatable bonds is 5. The van der Waals surface area contributed by atoms with Crippen LogP contribution in [-0.4, -0.2) is 41.8 Å². The van der Waals surface area contributed by atoms with Crippen LogP contribution in [0.25, 0.3) is 16.7 Å². The average molecular weight is 526 g/mol. The largest absolute Gasteiger partial charge is 0.418 e. The standard InChI is InChI=1S/C21H16F6N8S/c1-10(18-32-9-33-35(18)15-4-3-11(7-29-15)17(28)36)34(2)19-13-5-12(20(22,23)24)6-14(21(25,26)27)16(13)30-8-31-19/h3-10H,1-2H3,(H2,28,36)/t10-/m0/s1. The van der Waals surface area contributed by atoms with E-state index in [0.717, 1.165) is 6.33 Å². The van der Waals surface area contributed by atoms with Crippen LogP contribution >= 0.6 is 12.2 Å². The monoisotopic (exact) mass is 526 g/mol. The number of hydrogen-bond acceptors (Lipinski definition) is 7. The van der Waals surface area contributed by atoms with Crippen molar-refractivity contribution in [2.24, 2.45) is 5.73 Å². The molecule has 0 amide bonds. The predicted molar refractivity (Wildman–Crippen MR) is 121 cm³/mol. The molecule has 0 bridgehead atoms. The van der Waals surface area contributed by atoms with Gasteiger partial charge >= 0.3 is 12.4 Å². The summed E-state index contributed by atoms with van der Waals surface area (Å²) in [7, 11) is 1.46. The van der Waals surface area contributed by atoms with Gasteiger partial charge in [-0.1, -0.05) is 12.2 Å². The molecular weight excluding hydrogens is 510 g/mol. The van der Waals surface area contributed by atoms with Gasteiger partial charge in [0.25, 0.3) is 0 Å². The average Bonchev–Trinajstić information content (AvgIpc) is 3.30. The Hall–Kier alpha value is -3.88. The molecule has 0 unspecified atom stereocenters. The van der Waals surface area contributed by atoms with Crippen molar-refractivity contribution in [3.05, 3.63) is 65.6 Å². The van der Waals surface area contributed by atoms with Crippen molar-refractivity contribution in [3.8, 4) is 5.82 Å². The van der Waals surface area contributed by atoms with Crippen molar-refractivity contribution in [2.75, 3.05) is 11.9 Å². The maximum absolute atomic E-state index is 13.6. The molecule has 8 nitrogen and oxygen atoms in total. The summed E-state index contributed by atoms with van der Waals surface area (Å²) in [6, 6.07) is 3.14. The Kier molecular flexibility index (Phi) is 6.28. The third-order valence-corrected chi connectivity index (χ3v) is 5.70. The zero-order valence-corrected chi connectivity index (χ0v) is 19.3. The number of nitrogens with zero attached hydrogens (tertiary/aromatic N) is 7. The van der Waals surface area contributed by atoms with Crippen molar-refractivity contribution >= 4 is 33.9 Å². The van der Waals surface area contributed by atoms with Gasteiger partial charge in [-0.25, -0.2) is 19.9 Å². The van der Waals surface area contributed by atoms with E-state index in [2.05, 4.69) is 25.0 Å². The number of fused-ring (bicyclic) bond motifs is 1. The van der Waals surface area contributed by atoms with E-state index in [1.165, 1.54) is 29.2 Å². The molecule has 0 aliphatic heterocycles. The van der Waals surface area contributed by atoms with E-state index >= 15 is 0 Å². The Labute approximate surface area is 204 Å². The Morgan fingerprint density at radius 3 is 2.31 bits per heavy atom. The van der Waals surface area contributed by atoms with Gasteiger partial charge in [0.1, 0.15) is 23.5 Å². The number of aromatic nitrogens is 6. The lowest BCUT2D eigenvalue weighted by molar-refractivity contribution is -0.142. The summed E-state index contributed by atoms with van der Waals surface area (Å²) < 4.78 is 82.6. The zero-order chi connectivity index (χ0) is 26.4. The lowest BCUT2D eigenvalue weighted by Gasteiger charge is -2.27. The van der Waals surface area contributed by atoms with Gasteiger partial charge in [-0.2, -0.15) is 36.1 Å². The molecule has 36 heavy (non-hydrogen) atoms. The highest BCUT2D eigenvalue weighted by Gasteiger charge is 2.39. The van der Waals surface area contributed by atoms with Crippen LogP contribution in [0.4, 0.5) is 32.2 Å². The molecule has 15 heteroatoms. The molecule has 1 aromatic carbocycles. The number of halogens is 6. The minimum atomic E-state index is -5.07. The van der Waals surface area contributed by atoms with E-state index in [1.807, 2.05) is 0 Å². The Morgan fingerprint density at radius 1 is 1.00 bits per heavy atom. The summed E-state index contributed by atoms with van der Waals surface area (Å²) in [4.78, 5) is 17.6. The molecule has 1 atom stereocenters. The van der Waals surface area contributed by atoms with Crippen molar-refractivity contribution in [1.82, 2.24) is 29.7 Å².